The predicted molar refractivity (Wildman–Crippen MR) is 90.1 cm³/mol. The molecule has 120 valence electrons. The minimum absolute atomic E-state index is 0.154. The number of non-ortho nitro benzene ring substituents is 1. The monoisotopic (exact) mass is 311 g/mol. The largest absolute Gasteiger partial charge is 0.297 e. The van der Waals surface area contributed by atoms with Crippen LogP contribution in [0.2, 0.25) is 0 Å². The molecule has 2 aromatic rings. The van der Waals surface area contributed by atoms with E-state index >= 15 is 0 Å². The lowest BCUT2D eigenvalue weighted by Crippen LogP contribution is -2.45. The first-order chi connectivity index (χ1) is 11.2. The number of nitrogens with zero attached hydrogens (tertiary/aromatic N) is 3. The van der Waals surface area contributed by atoms with Gasteiger partial charge in [-0.1, -0.05) is 42.5 Å². The van der Waals surface area contributed by atoms with Crippen LogP contribution in [-0.2, 0) is 13.1 Å². The number of piperazine rings is 1. The van der Waals surface area contributed by atoms with Crippen molar-refractivity contribution in [1.29, 1.82) is 0 Å². The third-order valence-corrected chi connectivity index (χ3v) is 4.27. The van der Waals surface area contributed by atoms with Crippen LogP contribution in [0.3, 0.4) is 0 Å². The summed E-state index contributed by atoms with van der Waals surface area (Å²) in [6.07, 6.45) is 0. The van der Waals surface area contributed by atoms with Crippen molar-refractivity contribution in [2.75, 3.05) is 26.2 Å². The molecule has 2 aromatic carbocycles. The maximum atomic E-state index is 10.7. The Balaban J connectivity index is 1.48. The van der Waals surface area contributed by atoms with E-state index in [0.29, 0.717) is 0 Å². The van der Waals surface area contributed by atoms with Crippen LogP contribution in [0.1, 0.15) is 11.1 Å². The molecular formula is C18H21N3O2. The molecule has 1 aliphatic rings. The molecule has 0 aromatic heterocycles. The van der Waals surface area contributed by atoms with Gasteiger partial charge in [0.2, 0.25) is 0 Å². The second kappa shape index (κ2) is 7.35. The Kier molecular flexibility index (Phi) is 5.00. The molecule has 0 spiro atoms. The van der Waals surface area contributed by atoms with Gasteiger partial charge in [0.1, 0.15) is 0 Å². The fourth-order valence-electron chi connectivity index (χ4n) is 2.93. The molecule has 23 heavy (non-hydrogen) atoms. The van der Waals surface area contributed by atoms with Crippen LogP contribution in [0, 0.1) is 10.1 Å². The summed E-state index contributed by atoms with van der Waals surface area (Å²) in [5.74, 6) is 0. The minimum Gasteiger partial charge on any atom is -0.297 e. The molecule has 0 unspecified atom stereocenters. The number of nitro benzene ring substituents is 1. The molecule has 0 radical (unpaired) electrons. The van der Waals surface area contributed by atoms with Gasteiger partial charge in [-0.2, -0.15) is 0 Å². The van der Waals surface area contributed by atoms with Gasteiger partial charge >= 0.3 is 0 Å². The van der Waals surface area contributed by atoms with Crippen molar-refractivity contribution in [3.05, 3.63) is 75.8 Å². The molecular weight excluding hydrogens is 290 g/mol. The number of rotatable bonds is 5. The Labute approximate surface area is 136 Å². The SMILES string of the molecule is O=[N+]([O-])c1ccc(CN2CCN(Cc3ccccc3)CC2)cc1. The van der Waals surface area contributed by atoms with Gasteiger partial charge in [-0.3, -0.25) is 19.9 Å². The molecule has 0 amide bonds. The van der Waals surface area contributed by atoms with Crippen LogP contribution in [0.5, 0.6) is 0 Å². The van der Waals surface area contributed by atoms with Crippen molar-refractivity contribution in [2.24, 2.45) is 0 Å². The summed E-state index contributed by atoms with van der Waals surface area (Å²) in [4.78, 5) is 15.2. The topological polar surface area (TPSA) is 49.6 Å². The first-order valence-electron chi connectivity index (χ1n) is 7.93. The van der Waals surface area contributed by atoms with Gasteiger partial charge in [0.05, 0.1) is 4.92 Å². The van der Waals surface area contributed by atoms with E-state index in [9.17, 15) is 10.1 Å². The van der Waals surface area contributed by atoms with Crippen molar-refractivity contribution in [3.63, 3.8) is 0 Å². The molecule has 5 nitrogen and oxygen atoms in total. The number of nitro groups is 1. The summed E-state index contributed by atoms with van der Waals surface area (Å²) in [6.45, 7) is 6.04. The predicted octanol–water partition coefficient (Wildman–Crippen LogP) is 2.91. The summed E-state index contributed by atoms with van der Waals surface area (Å²) in [5, 5.41) is 10.7. The van der Waals surface area contributed by atoms with Crippen LogP contribution in [-0.4, -0.2) is 40.9 Å². The smallest absolute Gasteiger partial charge is 0.269 e. The second-order valence-electron chi connectivity index (χ2n) is 5.96. The highest BCUT2D eigenvalue weighted by Crippen LogP contribution is 2.15. The van der Waals surface area contributed by atoms with Crippen LogP contribution < -0.4 is 0 Å². The Morgan fingerprint density at radius 1 is 0.783 bits per heavy atom. The van der Waals surface area contributed by atoms with Crippen LogP contribution >= 0.6 is 0 Å². The zero-order chi connectivity index (χ0) is 16.1. The van der Waals surface area contributed by atoms with Crippen LogP contribution in [0.15, 0.2) is 54.6 Å². The van der Waals surface area contributed by atoms with Gasteiger partial charge in [-0.25, -0.2) is 0 Å². The van der Waals surface area contributed by atoms with Crippen LogP contribution in [0.4, 0.5) is 5.69 Å². The fraction of sp³-hybridized carbons (Fsp3) is 0.333. The third kappa shape index (κ3) is 4.37. The van der Waals surface area contributed by atoms with E-state index < -0.39 is 0 Å². The highest BCUT2D eigenvalue weighted by atomic mass is 16.6. The summed E-state index contributed by atoms with van der Waals surface area (Å²) in [7, 11) is 0. The Morgan fingerprint density at radius 3 is 1.74 bits per heavy atom. The van der Waals surface area contributed by atoms with Gasteiger partial charge < -0.3 is 0 Å². The molecule has 1 aliphatic heterocycles. The van der Waals surface area contributed by atoms with E-state index in [1.807, 2.05) is 18.2 Å². The summed E-state index contributed by atoms with van der Waals surface area (Å²) in [5.41, 5.74) is 2.64. The number of benzene rings is 2. The molecule has 3 rings (SSSR count). The van der Waals surface area contributed by atoms with Gasteiger partial charge in [-0.05, 0) is 11.1 Å². The van der Waals surface area contributed by atoms with Crippen molar-refractivity contribution < 1.29 is 4.92 Å². The van der Waals surface area contributed by atoms with Gasteiger partial charge in [0.25, 0.3) is 5.69 Å². The van der Waals surface area contributed by atoms with E-state index in [1.165, 1.54) is 5.56 Å². The van der Waals surface area contributed by atoms with Gasteiger partial charge in [0.15, 0.2) is 0 Å². The molecule has 5 heteroatoms. The average molecular weight is 311 g/mol. The molecule has 0 bridgehead atoms. The highest BCUT2D eigenvalue weighted by molar-refractivity contribution is 5.32. The Bertz CT molecular complexity index is 635. The second-order valence-corrected chi connectivity index (χ2v) is 5.96. The van der Waals surface area contributed by atoms with E-state index in [-0.39, 0.29) is 10.6 Å². The van der Waals surface area contributed by atoms with E-state index in [2.05, 4.69) is 34.1 Å². The molecule has 0 saturated carbocycles. The first kappa shape index (κ1) is 15.6. The molecule has 1 saturated heterocycles. The molecule has 0 atom stereocenters. The Morgan fingerprint density at radius 2 is 1.26 bits per heavy atom. The molecule has 1 fully saturated rings. The van der Waals surface area contributed by atoms with Crippen molar-refractivity contribution >= 4 is 5.69 Å². The van der Waals surface area contributed by atoms with Gasteiger partial charge in [-0.15, -0.1) is 0 Å². The third-order valence-electron chi connectivity index (χ3n) is 4.27. The molecule has 0 N–H and O–H groups in total. The summed E-state index contributed by atoms with van der Waals surface area (Å²) in [6, 6.07) is 17.4. The molecule has 0 aliphatic carbocycles. The fourth-order valence-corrected chi connectivity index (χ4v) is 2.93. The summed E-state index contributed by atoms with van der Waals surface area (Å²) >= 11 is 0. The number of hydrogen-bond acceptors (Lipinski definition) is 4. The van der Waals surface area contributed by atoms with Crippen LogP contribution in [0.25, 0.3) is 0 Å². The van der Waals surface area contributed by atoms with Gasteiger partial charge in [0, 0.05) is 51.4 Å². The molecule has 1 heterocycles. The zero-order valence-corrected chi connectivity index (χ0v) is 13.1. The number of hydrogen-bond donors (Lipinski definition) is 0. The summed E-state index contributed by atoms with van der Waals surface area (Å²) < 4.78 is 0. The van der Waals surface area contributed by atoms with E-state index in [1.54, 1.807) is 12.1 Å². The Hall–Kier alpha value is -2.24. The first-order valence-corrected chi connectivity index (χ1v) is 7.93. The maximum Gasteiger partial charge on any atom is 0.269 e. The zero-order valence-electron chi connectivity index (χ0n) is 13.1. The van der Waals surface area contributed by atoms with E-state index in [4.69, 9.17) is 0 Å². The van der Waals surface area contributed by atoms with Crippen molar-refractivity contribution in [2.45, 2.75) is 13.1 Å². The maximum absolute atomic E-state index is 10.7. The standard InChI is InChI=1S/C18H21N3O2/c22-21(23)18-8-6-17(7-9-18)15-20-12-10-19(11-13-20)14-16-4-2-1-3-5-16/h1-9H,10-15H2. The lowest BCUT2D eigenvalue weighted by molar-refractivity contribution is -0.384. The quantitative estimate of drug-likeness (QED) is 0.629. The normalized spacial score (nSPS) is 16.3. The van der Waals surface area contributed by atoms with E-state index in [0.717, 1.165) is 44.8 Å². The van der Waals surface area contributed by atoms with Crippen molar-refractivity contribution in [1.82, 2.24) is 9.80 Å². The minimum atomic E-state index is -0.355. The van der Waals surface area contributed by atoms with Crippen molar-refractivity contribution in [3.8, 4) is 0 Å². The lowest BCUT2D eigenvalue weighted by Gasteiger charge is -2.34. The highest BCUT2D eigenvalue weighted by Gasteiger charge is 2.17. The average Bonchev–Trinajstić information content (AvgIpc) is 2.58. The lowest BCUT2D eigenvalue weighted by atomic mass is 10.1.